The Morgan fingerprint density at radius 1 is 1.09 bits per heavy atom. The number of sulfonamides is 1. The van der Waals surface area contributed by atoms with Gasteiger partial charge in [-0.2, -0.15) is 5.26 Å². The van der Waals surface area contributed by atoms with Crippen LogP contribution in [-0.2, 0) is 23.0 Å². The number of urea groups is 1. The van der Waals surface area contributed by atoms with E-state index in [-0.39, 0.29) is 10.9 Å². The molecule has 0 aliphatic carbocycles. The van der Waals surface area contributed by atoms with E-state index in [9.17, 15) is 13.2 Å². The second kappa shape index (κ2) is 9.35. The van der Waals surface area contributed by atoms with E-state index >= 15 is 0 Å². The molecule has 0 aromatic heterocycles. The lowest BCUT2D eigenvalue weighted by Gasteiger charge is -2.33. The van der Waals surface area contributed by atoms with E-state index < -0.39 is 10.0 Å². The van der Waals surface area contributed by atoms with Gasteiger partial charge in [-0.25, -0.2) is 13.2 Å². The number of nitrogens with zero attached hydrogens (tertiary/aromatic N) is 3. The van der Waals surface area contributed by atoms with Crippen molar-refractivity contribution in [1.29, 1.82) is 5.26 Å². The van der Waals surface area contributed by atoms with Crippen LogP contribution < -0.4 is 9.62 Å². The lowest BCUT2D eigenvalue weighted by molar-refractivity contribution is 0.213. The summed E-state index contributed by atoms with van der Waals surface area (Å²) in [5, 5.41) is 8.94. The van der Waals surface area contributed by atoms with Gasteiger partial charge in [0, 0.05) is 31.5 Å². The Kier molecular flexibility index (Phi) is 6.33. The highest BCUT2D eigenvalue weighted by Gasteiger charge is 2.26. The Bertz CT molecular complexity index is 1300. The fourth-order valence-corrected chi connectivity index (χ4v) is 4.98. The van der Waals surface area contributed by atoms with Crippen LogP contribution in [0.25, 0.3) is 0 Å². The number of carbonyl (C=O) groups excluding carboxylic acids is 1. The summed E-state index contributed by atoms with van der Waals surface area (Å²) in [5.41, 5.74) is 3.71. The molecule has 7 nitrogen and oxygen atoms in total. The van der Waals surface area contributed by atoms with Gasteiger partial charge < -0.3 is 4.90 Å². The van der Waals surface area contributed by atoms with Crippen LogP contribution in [0, 0.1) is 11.3 Å². The number of aryl methyl sites for hydroxylation is 1. The van der Waals surface area contributed by atoms with Crippen molar-refractivity contribution in [3.05, 3.63) is 89.5 Å². The van der Waals surface area contributed by atoms with Crippen molar-refractivity contribution in [3.8, 4) is 6.07 Å². The molecule has 1 aliphatic heterocycles. The van der Waals surface area contributed by atoms with E-state index in [0.29, 0.717) is 24.3 Å². The smallest absolute Gasteiger partial charge is 0.323 e. The third kappa shape index (κ3) is 4.99. The van der Waals surface area contributed by atoms with Crippen molar-refractivity contribution in [2.75, 3.05) is 23.2 Å². The third-order valence-corrected chi connectivity index (χ3v) is 6.96. The number of anilines is 2. The first-order valence-electron chi connectivity index (χ1n) is 10.6. The molecule has 1 heterocycles. The highest BCUT2D eigenvalue weighted by molar-refractivity contribution is 7.92. The summed E-state index contributed by atoms with van der Waals surface area (Å²) in [6.07, 6.45) is 1.55. The molecule has 0 saturated heterocycles. The Hall–Kier alpha value is -3.83. The monoisotopic (exact) mass is 460 g/mol. The molecule has 1 N–H and O–H groups in total. The van der Waals surface area contributed by atoms with Crippen LogP contribution >= 0.6 is 0 Å². The van der Waals surface area contributed by atoms with E-state index in [1.807, 2.05) is 12.1 Å². The zero-order chi connectivity index (χ0) is 23.4. The van der Waals surface area contributed by atoms with Crippen LogP contribution in [0.3, 0.4) is 0 Å². The van der Waals surface area contributed by atoms with Gasteiger partial charge >= 0.3 is 6.03 Å². The molecule has 0 radical (unpaired) electrons. The molecule has 0 saturated carbocycles. The largest absolute Gasteiger partial charge is 0.324 e. The first kappa shape index (κ1) is 22.4. The van der Waals surface area contributed by atoms with Gasteiger partial charge in [-0.05, 0) is 66.4 Å². The average Bonchev–Trinajstić information content (AvgIpc) is 2.84. The Balaban J connectivity index is 1.50. The van der Waals surface area contributed by atoms with Gasteiger partial charge in [0.05, 0.1) is 16.5 Å². The molecule has 3 aromatic carbocycles. The maximum absolute atomic E-state index is 13.2. The summed E-state index contributed by atoms with van der Waals surface area (Å²) in [6, 6.07) is 22.6. The number of hydrogen-bond donors (Lipinski definition) is 1. The van der Waals surface area contributed by atoms with Crippen LogP contribution in [-0.4, -0.2) is 32.9 Å². The Morgan fingerprint density at radius 2 is 1.82 bits per heavy atom. The summed E-state index contributed by atoms with van der Waals surface area (Å²) in [5.74, 6) is 0. The third-order valence-electron chi connectivity index (χ3n) is 5.56. The minimum absolute atomic E-state index is 0.127. The fraction of sp³-hybridized carbons (Fsp3) is 0.200. The highest BCUT2D eigenvalue weighted by atomic mass is 32.2. The standard InChI is InChI=1S/C25H24N4O3S/c1-28(18-20-11-9-19(17-26)10-12-20)25(30)29-15-5-6-21-16-22(13-14-24(21)29)27-33(31,32)23-7-3-2-4-8-23/h2-4,7-14,16,27H,5-6,15,18H2,1H3. The van der Waals surface area contributed by atoms with Crippen LogP contribution in [0.4, 0.5) is 16.2 Å². The number of amides is 2. The van der Waals surface area contributed by atoms with Crippen LogP contribution in [0.2, 0.25) is 0 Å². The molecule has 0 unspecified atom stereocenters. The van der Waals surface area contributed by atoms with Crippen molar-refractivity contribution >= 4 is 27.4 Å². The molecule has 0 atom stereocenters. The predicted octanol–water partition coefficient (Wildman–Crippen LogP) is 4.36. The lowest BCUT2D eigenvalue weighted by atomic mass is 10.0. The first-order valence-corrected chi connectivity index (χ1v) is 12.1. The van der Waals surface area contributed by atoms with Gasteiger partial charge in [-0.3, -0.25) is 9.62 Å². The summed E-state index contributed by atoms with van der Waals surface area (Å²) in [6.45, 7) is 1.02. The summed E-state index contributed by atoms with van der Waals surface area (Å²) in [4.78, 5) is 16.7. The normalized spacial score (nSPS) is 13.0. The number of nitrogens with one attached hydrogen (secondary N) is 1. The van der Waals surface area contributed by atoms with Gasteiger partial charge in [0.1, 0.15) is 0 Å². The zero-order valence-electron chi connectivity index (χ0n) is 18.2. The summed E-state index contributed by atoms with van der Waals surface area (Å²) < 4.78 is 27.9. The van der Waals surface area contributed by atoms with E-state index in [4.69, 9.17) is 5.26 Å². The van der Waals surface area contributed by atoms with Crippen LogP contribution in [0.5, 0.6) is 0 Å². The minimum Gasteiger partial charge on any atom is -0.323 e. The molecule has 2 amide bonds. The molecule has 3 aromatic rings. The average molecular weight is 461 g/mol. The second-order valence-electron chi connectivity index (χ2n) is 7.96. The van der Waals surface area contributed by atoms with E-state index in [1.165, 1.54) is 0 Å². The molecule has 33 heavy (non-hydrogen) atoms. The molecule has 1 aliphatic rings. The first-order chi connectivity index (χ1) is 15.9. The Labute approximate surface area is 193 Å². The molecular weight excluding hydrogens is 436 g/mol. The Morgan fingerprint density at radius 3 is 2.52 bits per heavy atom. The molecule has 0 bridgehead atoms. The van der Waals surface area contributed by atoms with Crippen molar-refractivity contribution in [2.24, 2.45) is 0 Å². The number of nitriles is 1. The van der Waals surface area contributed by atoms with Gasteiger partial charge in [0.25, 0.3) is 10.0 Å². The van der Waals surface area contributed by atoms with Gasteiger partial charge in [-0.15, -0.1) is 0 Å². The van der Waals surface area contributed by atoms with Crippen LogP contribution in [0.15, 0.2) is 77.7 Å². The lowest BCUT2D eigenvalue weighted by Crippen LogP contribution is -2.43. The van der Waals surface area contributed by atoms with Crippen molar-refractivity contribution in [3.63, 3.8) is 0 Å². The molecule has 0 fully saturated rings. The molecule has 8 heteroatoms. The van der Waals surface area contributed by atoms with Crippen LogP contribution in [0.1, 0.15) is 23.1 Å². The minimum atomic E-state index is -3.68. The van der Waals surface area contributed by atoms with E-state index in [0.717, 1.165) is 29.7 Å². The van der Waals surface area contributed by atoms with Crippen molar-refractivity contribution in [2.45, 2.75) is 24.3 Å². The SMILES string of the molecule is CN(Cc1ccc(C#N)cc1)C(=O)N1CCCc2cc(NS(=O)(=O)c3ccccc3)ccc21. The van der Waals surface area contributed by atoms with E-state index in [1.54, 1.807) is 77.5 Å². The zero-order valence-corrected chi connectivity index (χ0v) is 19.0. The van der Waals surface area contributed by atoms with Gasteiger partial charge in [0.15, 0.2) is 0 Å². The second-order valence-corrected chi connectivity index (χ2v) is 9.65. The van der Waals surface area contributed by atoms with E-state index in [2.05, 4.69) is 10.8 Å². The topological polar surface area (TPSA) is 93.5 Å². The maximum atomic E-state index is 13.2. The maximum Gasteiger partial charge on any atom is 0.324 e. The van der Waals surface area contributed by atoms with Crippen molar-refractivity contribution < 1.29 is 13.2 Å². The highest BCUT2D eigenvalue weighted by Crippen LogP contribution is 2.31. The number of hydrogen-bond acceptors (Lipinski definition) is 4. The molecular formula is C25H24N4O3S. The number of fused-ring (bicyclic) bond motifs is 1. The van der Waals surface area contributed by atoms with Crippen molar-refractivity contribution in [1.82, 2.24) is 4.90 Å². The molecule has 0 spiro atoms. The number of rotatable bonds is 5. The summed E-state index contributed by atoms with van der Waals surface area (Å²) >= 11 is 0. The summed E-state index contributed by atoms with van der Waals surface area (Å²) in [7, 11) is -1.93. The molecule has 4 rings (SSSR count). The number of carbonyl (C=O) groups is 1. The predicted molar refractivity (Wildman–Crippen MR) is 127 cm³/mol. The van der Waals surface area contributed by atoms with Gasteiger partial charge in [-0.1, -0.05) is 30.3 Å². The number of benzene rings is 3. The van der Waals surface area contributed by atoms with Gasteiger partial charge in [0.2, 0.25) is 0 Å². The molecule has 168 valence electrons. The fourth-order valence-electron chi connectivity index (χ4n) is 3.91. The quantitative estimate of drug-likeness (QED) is 0.612.